The Morgan fingerprint density at radius 3 is 2.60 bits per heavy atom. The number of sulfone groups is 1. The molecule has 20 heavy (non-hydrogen) atoms. The molecule has 0 heterocycles. The van der Waals surface area contributed by atoms with Crippen molar-refractivity contribution in [1.82, 2.24) is 0 Å². The normalized spacial score (nSPS) is 11.3. The first-order valence-corrected chi connectivity index (χ1v) is 9.20. The summed E-state index contributed by atoms with van der Waals surface area (Å²) >= 11 is 1.30. The largest absolute Gasteiger partial charge is 0.385 e. The fourth-order valence-corrected chi connectivity index (χ4v) is 3.65. The second kappa shape index (κ2) is 7.49. The van der Waals surface area contributed by atoms with Crippen LogP contribution in [0.5, 0.6) is 0 Å². The van der Waals surface area contributed by atoms with Crippen molar-refractivity contribution >= 4 is 33.0 Å². The first-order valence-electron chi connectivity index (χ1n) is 6.15. The highest BCUT2D eigenvalue weighted by Gasteiger charge is 2.11. The molecule has 1 aromatic carbocycles. The molecule has 0 aromatic heterocycles. The lowest BCUT2D eigenvalue weighted by atomic mass is 10.2. The van der Waals surface area contributed by atoms with Crippen LogP contribution in [0.2, 0.25) is 0 Å². The number of non-ortho nitro benzene ring substituents is 1. The molecule has 0 atom stereocenters. The van der Waals surface area contributed by atoms with Crippen LogP contribution >= 0.6 is 11.8 Å². The lowest BCUT2D eigenvalue weighted by Crippen LogP contribution is -2.05. The highest BCUT2D eigenvalue weighted by Crippen LogP contribution is 2.28. The third-order valence-electron chi connectivity index (χ3n) is 2.40. The predicted molar refractivity (Wildman–Crippen MR) is 82.3 cm³/mol. The van der Waals surface area contributed by atoms with Gasteiger partial charge in [-0.25, -0.2) is 8.42 Å². The van der Waals surface area contributed by atoms with E-state index < -0.39 is 14.8 Å². The van der Waals surface area contributed by atoms with E-state index in [9.17, 15) is 18.5 Å². The molecule has 0 amide bonds. The second-order valence-electron chi connectivity index (χ2n) is 4.38. The van der Waals surface area contributed by atoms with Crippen molar-refractivity contribution in [1.29, 1.82) is 0 Å². The third kappa shape index (κ3) is 6.25. The van der Waals surface area contributed by atoms with Gasteiger partial charge < -0.3 is 5.32 Å². The number of anilines is 1. The van der Waals surface area contributed by atoms with Crippen LogP contribution in [-0.2, 0) is 9.84 Å². The summed E-state index contributed by atoms with van der Waals surface area (Å²) in [5.41, 5.74) is 0.691. The first kappa shape index (κ1) is 16.8. The Bertz CT molecular complexity index is 573. The van der Waals surface area contributed by atoms with Crippen molar-refractivity contribution in [2.24, 2.45) is 0 Å². The number of benzene rings is 1. The van der Waals surface area contributed by atoms with Gasteiger partial charge in [0.1, 0.15) is 9.84 Å². The average Bonchev–Trinajstić information content (AvgIpc) is 2.34. The Morgan fingerprint density at radius 1 is 1.35 bits per heavy atom. The summed E-state index contributed by atoms with van der Waals surface area (Å²) in [6.45, 7) is 2.74. The van der Waals surface area contributed by atoms with Crippen molar-refractivity contribution in [2.45, 2.75) is 18.2 Å². The van der Waals surface area contributed by atoms with Crippen molar-refractivity contribution in [3.05, 3.63) is 28.3 Å². The van der Waals surface area contributed by atoms with E-state index in [4.69, 9.17) is 0 Å². The molecule has 0 aliphatic rings. The van der Waals surface area contributed by atoms with Crippen LogP contribution < -0.4 is 5.32 Å². The molecule has 1 rings (SSSR count). The molecule has 0 aliphatic heterocycles. The molecule has 0 fully saturated rings. The minimum atomic E-state index is -3.02. The van der Waals surface area contributed by atoms with E-state index in [-0.39, 0.29) is 11.4 Å². The van der Waals surface area contributed by atoms with E-state index in [0.717, 1.165) is 13.0 Å². The highest BCUT2D eigenvalue weighted by molar-refractivity contribution is 8.00. The molecule has 0 bridgehead atoms. The van der Waals surface area contributed by atoms with Crippen molar-refractivity contribution in [2.75, 3.05) is 29.6 Å². The number of hydrogen-bond donors (Lipinski definition) is 1. The second-order valence-corrected chi connectivity index (χ2v) is 7.81. The van der Waals surface area contributed by atoms with E-state index >= 15 is 0 Å². The summed E-state index contributed by atoms with van der Waals surface area (Å²) in [4.78, 5) is 11.1. The molecule has 8 heteroatoms. The zero-order valence-electron chi connectivity index (χ0n) is 11.5. The molecule has 0 unspecified atom stereocenters. The quantitative estimate of drug-likeness (QED) is 0.450. The van der Waals surface area contributed by atoms with Gasteiger partial charge in [0, 0.05) is 41.3 Å². The number of rotatable bonds is 8. The maximum atomic E-state index is 11.1. The number of nitro groups is 1. The standard InChI is InChI=1S/C12H18N2O4S2/c1-3-4-13-10-7-11(14(15)16)9-12(8-10)19-5-6-20(2,17)18/h7-9,13H,3-6H2,1-2H3. The zero-order chi connectivity index (χ0) is 15.2. The van der Waals surface area contributed by atoms with Gasteiger partial charge in [0.05, 0.1) is 10.7 Å². The van der Waals surface area contributed by atoms with Crippen LogP contribution in [0.15, 0.2) is 23.1 Å². The molecule has 0 saturated carbocycles. The predicted octanol–water partition coefficient (Wildman–Crippen LogP) is 2.55. The molecule has 1 N–H and O–H groups in total. The Labute approximate surface area is 123 Å². The minimum absolute atomic E-state index is 0.00737. The van der Waals surface area contributed by atoms with Gasteiger partial charge in [0.15, 0.2) is 0 Å². The lowest BCUT2D eigenvalue weighted by molar-refractivity contribution is -0.385. The highest BCUT2D eigenvalue weighted by atomic mass is 32.2. The Balaban J connectivity index is 2.82. The monoisotopic (exact) mass is 318 g/mol. The average molecular weight is 318 g/mol. The van der Waals surface area contributed by atoms with Crippen LogP contribution in [0.1, 0.15) is 13.3 Å². The maximum absolute atomic E-state index is 11.1. The van der Waals surface area contributed by atoms with Crippen molar-refractivity contribution in [3.8, 4) is 0 Å². The van der Waals surface area contributed by atoms with Gasteiger partial charge in [-0.2, -0.15) is 0 Å². The van der Waals surface area contributed by atoms with E-state index in [1.54, 1.807) is 6.07 Å². The van der Waals surface area contributed by atoms with Crippen LogP contribution in [-0.4, -0.2) is 37.6 Å². The Kier molecular flexibility index (Phi) is 6.28. The number of nitro benzene ring substituents is 1. The zero-order valence-corrected chi connectivity index (χ0v) is 13.1. The van der Waals surface area contributed by atoms with Gasteiger partial charge in [-0.3, -0.25) is 10.1 Å². The molecular weight excluding hydrogens is 300 g/mol. The fourth-order valence-electron chi connectivity index (χ4n) is 1.45. The fraction of sp³-hybridized carbons (Fsp3) is 0.500. The van der Waals surface area contributed by atoms with Crippen molar-refractivity contribution in [3.63, 3.8) is 0 Å². The third-order valence-corrected chi connectivity index (χ3v) is 4.59. The molecule has 0 saturated heterocycles. The van der Waals surface area contributed by atoms with Crippen LogP contribution in [0, 0.1) is 10.1 Å². The Hall–Kier alpha value is -1.28. The lowest BCUT2D eigenvalue weighted by Gasteiger charge is -2.07. The van der Waals surface area contributed by atoms with Crippen molar-refractivity contribution < 1.29 is 13.3 Å². The molecule has 1 aromatic rings. The van der Waals surface area contributed by atoms with Gasteiger partial charge in [-0.05, 0) is 12.5 Å². The van der Waals surface area contributed by atoms with E-state index in [1.807, 2.05) is 6.92 Å². The number of hydrogen-bond acceptors (Lipinski definition) is 6. The van der Waals surface area contributed by atoms with Crippen LogP contribution in [0.25, 0.3) is 0 Å². The summed E-state index contributed by atoms with van der Waals surface area (Å²) in [5, 5.41) is 14.0. The molecule has 0 spiro atoms. The van der Waals surface area contributed by atoms with Crippen LogP contribution in [0.3, 0.4) is 0 Å². The molecule has 6 nitrogen and oxygen atoms in total. The number of thioether (sulfide) groups is 1. The summed E-state index contributed by atoms with van der Waals surface area (Å²) in [5.74, 6) is 0.436. The first-order chi connectivity index (χ1) is 9.31. The van der Waals surface area contributed by atoms with Gasteiger partial charge >= 0.3 is 0 Å². The van der Waals surface area contributed by atoms with E-state index in [1.165, 1.54) is 30.2 Å². The molecule has 112 valence electrons. The number of nitrogens with zero attached hydrogens (tertiary/aromatic N) is 1. The minimum Gasteiger partial charge on any atom is -0.385 e. The smallest absolute Gasteiger partial charge is 0.272 e. The Morgan fingerprint density at radius 2 is 2.05 bits per heavy atom. The van der Waals surface area contributed by atoms with Crippen LogP contribution in [0.4, 0.5) is 11.4 Å². The maximum Gasteiger partial charge on any atom is 0.272 e. The molecular formula is C12H18N2O4S2. The SMILES string of the molecule is CCCNc1cc(SCCS(C)(=O)=O)cc([N+](=O)[O-])c1. The van der Waals surface area contributed by atoms with Gasteiger partial charge in [-0.15, -0.1) is 11.8 Å². The summed E-state index contributed by atoms with van der Waals surface area (Å²) in [6, 6.07) is 4.75. The topological polar surface area (TPSA) is 89.3 Å². The van der Waals surface area contributed by atoms with Gasteiger partial charge in [0.25, 0.3) is 5.69 Å². The summed E-state index contributed by atoms with van der Waals surface area (Å²) < 4.78 is 22.1. The van der Waals surface area contributed by atoms with E-state index in [2.05, 4.69) is 5.32 Å². The summed E-state index contributed by atoms with van der Waals surface area (Å²) in [7, 11) is -3.02. The molecule has 0 aliphatic carbocycles. The summed E-state index contributed by atoms with van der Waals surface area (Å²) in [6.07, 6.45) is 2.09. The van der Waals surface area contributed by atoms with Gasteiger partial charge in [0.2, 0.25) is 0 Å². The van der Waals surface area contributed by atoms with Gasteiger partial charge in [-0.1, -0.05) is 6.92 Å². The van der Waals surface area contributed by atoms with E-state index in [0.29, 0.717) is 16.3 Å². The number of nitrogens with one attached hydrogen (secondary N) is 1. The molecule has 0 radical (unpaired) electrons.